The number of carbonyl (C=O) groups excluding carboxylic acids is 1. The van der Waals surface area contributed by atoms with Crippen LogP contribution in [0.2, 0.25) is 5.02 Å². The molecule has 0 radical (unpaired) electrons. The van der Waals surface area contributed by atoms with E-state index in [2.05, 4.69) is 10.2 Å². The lowest BCUT2D eigenvalue weighted by Crippen LogP contribution is -2.26. The maximum absolute atomic E-state index is 13.7. The van der Waals surface area contributed by atoms with Crippen LogP contribution in [0.15, 0.2) is 78.2 Å². The molecule has 4 aromatic rings. The highest BCUT2D eigenvalue weighted by atomic mass is 35.5. The Balaban J connectivity index is 1.50. The van der Waals surface area contributed by atoms with E-state index in [1.165, 1.54) is 23.5 Å². The lowest BCUT2D eigenvalue weighted by Gasteiger charge is -2.22. The largest absolute Gasteiger partial charge is 0.481 e. The van der Waals surface area contributed by atoms with Crippen LogP contribution in [0.4, 0.5) is 9.52 Å². The lowest BCUT2D eigenvalue weighted by atomic mass is 10.1. The first kappa shape index (κ1) is 26.3. The molecular formula is C28H25ClFN3O3S. The maximum atomic E-state index is 13.7. The minimum atomic E-state index is -0.963. The topological polar surface area (TPSA) is 82.5 Å². The number of anilines is 1. The SMILES string of the molecule is O=C(O)CCNC(=O)c1ccc(CN(CCc2cccc(F)c2)c2nc(-c3cccc(Cl)c3)cs2)cc1. The molecule has 0 saturated heterocycles. The van der Waals surface area contributed by atoms with E-state index < -0.39 is 5.97 Å². The molecule has 0 unspecified atom stereocenters. The molecule has 0 aliphatic heterocycles. The van der Waals surface area contributed by atoms with Gasteiger partial charge < -0.3 is 15.3 Å². The molecule has 1 heterocycles. The molecule has 0 saturated carbocycles. The fourth-order valence-corrected chi connectivity index (χ4v) is 4.81. The molecular weight excluding hydrogens is 513 g/mol. The van der Waals surface area contributed by atoms with Crippen molar-refractivity contribution in [2.24, 2.45) is 0 Å². The number of amides is 1. The summed E-state index contributed by atoms with van der Waals surface area (Å²) in [6.45, 7) is 1.23. The fraction of sp³-hybridized carbons (Fsp3) is 0.179. The number of nitrogens with one attached hydrogen (secondary N) is 1. The summed E-state index contributed by atoms with van der Waals surface area (Å²) in [7, 11) is 0. The van der Waals surface area contributed by atoms with Crippen LogP contribution in [0.25, 0.3) is 11.3 Å². The first-order valence-corrected chi connectivity index (χ1v) is 12.9. The number of benzene rings is 3. The molecule has 6 nitrogen and oxygen atoms in total. The van der Waals surface area contributed by atoms with Crippen molar-refractivity contribution in [1.29, 1.82) is 0 Å². The summed E-state index contributed by atoms with van der Waals surface area (Å²) >= 11 is 7.68. The van der Waals surface area contributed by atoms with E-state index in [4.69, 9.17) is 21.7 Å². The van der Waals surface area contributed by atoms with Gasteiger partial charge in [0.25, 0.3) is 5.91 Å². The number of carbonyl (C=O) groups is 2. The maximum Gasteiger partial charge on any atom is 0.305 e. The molecule has 0 aliphatic rings. The zero-order valence-corrected chi connectivity index (χ0v) is 21.4. The van der Waals surface area contributed by atoms with E-state index in [0.717, 1.165) is 27.5 Å². The van der Waals surface area contributed by atoms with Crippen LogP contribution in [0.3, 0.4) is 0 Å². The third kappa shape index (κ3) is 7.62. The predicted molar refractivity (Wildman–Crippen MR) is 145 cm³/mol. The summed E-state index contributed by atoms with van der Waals surface area (Å²) in [6, 6.07) is 21.3. The molecule has 0 fully saturated rings. The van der Waals surface area contributed by atoms with Gasteiger partial charge in [0.1, 0.15) is 5.82 Å². The van der Waals surface area contributed by atoms with E-state index in [0.29, 0.717) is 30.1 Å². The average Bonchev–Trinajstić information content (AvgIpc) is 3.37. The Kier molecular flexibility index (Phi) is 8.87. The second kappa shape index (κ2) is 12.5. The van der Waals surface area contributed by atoms with Gasteiger partial charge in [-0.05, 0) is 53.9 Å². The van der Waals surface area contributed by atoms with Crippen molar-refractivity contribution in [2.45, 2.75) is 19.4 Å². The normalized spacial score (nSPS) is 10.8. The molecule has 3 aromatic carbocycles. The number of aliphatic carboxylic acids is 1. The summed E-state index contributed by atoms with van der Waals surface area (Å²) in [6.07, 6.45) is 0.503. The highest BCUT2D eigenvalue weighted by molar-refractivity contribution is 7.14. The number of hydrogen-bond donors (Lipinski definition) is 2. The van der Waals surface area contributed by atoms with Crippen LogP contribution >= 0.6 is 22.9 Å². The summed E-state index contributed by atoms with van der Waals surface area (Å²) < 4.78 is 13.7. The second-order valence-electron chi connectivity index (χ2n) is 8.42. The van der Waals surface area contributed by atoms with Gasteiger partial charge in [0.05, 0.1) is 12.1 Å². The van der Waals surface area contributed by atoms with Crippen molar-refractivity contribution in [1.82, 2.24) is 10.3 Å². The molecule has 1 aromatic heterocycles. The zero-order valence-electron chi connectivity index (χ0n) is 19.9. The Bertz CT molecular complexity index is 1380. The summed E-state index contributed by atoms with van der Waals surface area (Å²) in [5.41, 5.74) is 4.08. The van der Waals surface area contributed by atoms with E-state index in [-0.39, 0.29) is 24.7 Å². The van der Waals surface area contributed by atoms with E-state index in [1.807, 2.05) is 47.8 Å². The van der Waals surface area contributed by atoms with Gasteiger partial charge >= 0.3 is 5.97 Å². The fourth-order valence-electron chi connectivity index (χ4n) is 3.76. The Labute approximate surface area is 223 Å². The number of carboxylic acid groups (broad SMARTS) is 1. The van der Waals surface area contributed by atoms with Crippen LogP contribution in [0.5, 0.6) is 0 Å². The van der Waals surface area contributed by atoms with Crippen molar-refractivity contribution in [3.05, 3.63) is 106 Å². The first-order valence-electron chi connectivity index (χ1n) is 11.7. The van der Waals surface area contributed by atoms with E-state index >= 15 is 0 Å². The minimum absolute atomic E-state index is 0.0722. The highest BCUT2D eigenvalue weighted by Gasteiger charge is 2.15. The Morgan fingerprint density at radius 2 is 1.81 bits per heavy atom. The lowest BCUT2D eigenvalue weighted by molar-refractivity contribution is -0.136. The number of thiazole rings is 1. The van der Waals surface area contributed by atoms with Gasteiger partial charge in [-0.15, -0.1) is 11.3 Å². The number of carboxylic acids is 1. The van der Waals surface area contributed by atoms with Crippen molar-refractivity contribution >= 4 is 39.9 Å². The van der Waals surface area contributed by atoms with Gasteiger partial charge in [-0.1, -0.05) is 48.0 Å². The third-order valence-electron chi connectivity index (χ3n) is 5.66. The number of halogens is 2. The minimum Gasteiger partial charge on any atom is -0.481 e. The van der Waals surface area contributed by atoms with Crippen LogP contribution in [-0.2, 0) is 17.8 Å². The van der Waals surface area contributed by atoms with Gasteiger partial charge in [-0.3, -0.25) is 9.59 Å². The zero-order chi connectivity index (χ0) is 26.2. The molecule has 2 N–H and O–H groups in total. The third-order valence-corrected chi connectivity index (χ3v) is 6.79. The number of aromatic nitrogens is 1. The molecule has 0 bridgehead atoms. The van der Waals surface area contributed by atoms with Gasteiger partial charge in [-0.2, -0.15) is 0 Å². The Morgan fingerprint density at radius 3 is 2.54 bits per heavy atom. The Hall–Kier alpha value is -3.75. The molecule has 190 valence electrons. The second-order valence-corrected chi connectivity index (χ2v) is 9.70. The van der Waals surface area contributed by atoms with Gasteiger partial charge in [0.2, 0.25) is 0 Å². The van der Waals surface area contributed by atoms with E-state index in [9.17, 15) is 14.0 Å². The van der Waals surface area contributed by atoms with Crippen molar-refractivity contribution in [2.75, 3.05) is 18.0 Å². The standard InChI is InChI=1S/C28H25ClFN3O3S/c29-23-5-2-4-22(16-23)25-18-37-28(32-25)33(14-12-19-3-1-6-24(30)15-19)17-20-7-9-21(10-8-20)27(36)31-13-11-26(34)35/h1-10,15-16,18H,11-14,17H2,(H,31,36)(H,34,35). The number of hydrogen-bond acceptors (Lipinski definition) is 5. The quantitative estimate of drug-likeness (QED) is 0.243. The van der Waals surface area contributed by atoms with Crippen LogP contribution in [0, 0.1) is 5.82 Å². The van der Waals surface area contributed by atoms with Gasteiger partial charge in [0, 0.05) is 41.2 Å². The molecule has 0 spiro atoms. The molecule has 37 heavy (non-hydrogen) atoms. The van der Waals surface area contributed by atoms with Crippen molar-refractivity contribution in [3.8, 4) is 11.3 Å². The van der Waals surface area contributed by atoms with Gasteiger partial charge in [-0.25, -0.2) is 9.37 Å². The highest BCUT2D eigenvalue weighted by Crippen LogP contribution is 2.30. The van der Waals surface area contributed by atoms with Crippen molar-refractivity contribution < 1.29 is 19.1 Å². The van der Waals surface area contributed by atoms with Gasteiger partial charge in [0.15, 0.2) is 5.13 Å². The molecule has 0 aliphatic carbocycles. The first-order chi connectivity index (χ1) is 17.9. The predicted octanol–water partition coefficient (Wildman–Crippen LogP) is 6.06. The van der Waals surface area contributed by atoms with Crippen molar-refractivity contribution in [3.63, 3.8) is 0 Å². The average molecular weight is 538 g/mol. The summed E-state index contributed by atoms with van der Waals surface area (Å²) in [4.78, 5) is 29.9. The number of nitrogens with zero attached hydrogens (tertiary/aromatic N) is 2. The molecule has 0 atom stereocenters. The van der Waals surface area contributed by atoms with E-state index in [1.54, 1.807) is 18.2 Å². The molecule has 4 rings (SSSR count). The monoisotopic (exact) mass is 537 g/mol. The van der Waals surface area contributed by atoms with Crippen LogP contribution in [-0.4, -0.2) is 35.1 Å². The summed E-state index contributed by atoms with van der Waals surface area (Å²) in [5, 5.41) is 14.8. The van der Waals surface area contributed by atoms with Crippen LogP contribution in [0.1, 0.15) is 27.9 Å². The van der Waals surface area contributed by atoms with Crippen LogP contribution < -0.4 is 10.2 Å². The molecule has 1 amide bonds. The number of rotatable bonds is 11. The smallest absolute Gasteiger partial charge is 0.305 e. The Morgan fingerprint density at radius 1 is 1.03 bits per heavy atom. The molecule has 9 heteroatoms. The summed E-state index contributed by atoms with van der Waals surface area (Å²) in [5.74, 6) is -1.55.